The smallest absolute Gasteiger partial charge is 0.0663 e. The number of hydrogen-bond donors (Lipinski definition) is 0. The van der Waals surface area contributed by atoms with Crippen LogP contribution >= 0.6 is 0 Å². The first-order valence-corrected chi connectivity index (χ1v) is 5.03. The fourth-order valence-corrected chi connectivity index (χ4v) is 1.06. The summed E-state index contributed by atoms with van der Waals surface area (Å²) in [6.45, 7) is 16.3. The Morgan fingerprint density at radius 2 is 1.71 bits per heavy atom. The van der Waals surface area contributed by atoms with Gasteiger partial charge in [0.05, 0.1) is 5.71 Å². The van der Waals surface area contributed by atoms with E-state index in [-0.39, 0.29) is 0 Å². The summed E-state index contributed by atoms with van der Waals surface area (Å²) in [7, 11) is 1.88. The van der Waals surface area contributed by atoms with Gasteiger partial charge in [-0.2, -0.15) is 5.10 Å². The van der Waals surface area contributed by atoms with E-state index in [1.807, 2.05) is 7.05 Å². The molecule has 0 aromatic heterocycles. The lowest BCUT2D eigenvalue weighted by atomic mass is 9.93. The summed E-state index contributed by atoms with van der Waals surface area (Å²) in [6, 6.07) is 0. The van der Waals surface area contributed by atoms with Crippen molar-refractivity contribution in [3.63, 3.8) is 0 Å². The Kier molecular flexibility index (Phi) is 5.21. The molecule has 0 unspecified atom stereocenters. The van der Waals surface area contributed by atoms with Crippen LogP contribution in [0.3, 0.4) is 0 Å². The molecule has 0 radical (unpaired) electrons. The lowest BCUT2D eigenvalue weighted by molar-refractivity contribution is 0.486. The highest BCUT2D eigenvalue weighted by molar-refractivity contribution is 6.01. The topological polar surface area (TPSA) is 15.6 Å². The molecular formula is C12H22N2. The second-order valence-electron chi connectivity index (χ2n) is 4.08. The van der Waals surface area contributed by atoms with Crippen LogP contribution in [0.2, 0.25) is 0 Å². The Morgan fingerprint density at radius 1 is 1.21 bits per heavy atom. The van der Waals surface area contributed by atoms with Gasteiger partial charge in [0.2, 0.25) is 0 Å². The largest absolute Gasteiger partial charge is 0.276 e. The molecule has 0 fully saturated rings. The maximum absolute atomic E-state index is 4.45. The van der Waals surface area contributed by atoms with Crippen LogP contribution in [0.15, 0.2) is 30.0 Å². The highest BCUT2D eigenvalue weighted by Crippen LogP contribution is 2.15. The summed E-state index contributed by atoms with van der Waals surface area (Å²) in [5.74, 6) is 0.835. The van der Waals surface area contributed by atoms with Crippen molar-refractivity contribution in [3.05, 3.63) is 24.9 Å². The molecule has 80 valence electrons. The number of allylic oxidation sites excluding steroid dienone is 1. The molecule has 0 atom stereocenters. The minimum Gasteiger partial charge on any atom is -0.276 e. The number of hydrazone groups is 1. The third kappa shape index (κ3) is 3.77. The van der Waals surface area contributed by atoms with Gasteiger partial charge in [0.1, 0.15) is 0 Å². The van der Waals surface area contributed by atoms with Crippen LogP contribution in [0.25, 0.3) is 0 Å². The van der Waals surface area contributed by atoms with E-state index in [2.05, 4.69) is 46.0 Å². The molecule has 0 saturated carbocycles. The van der Waals surface area contributed by atoms with Crippen LogP contribution < -0.4 is 0 Å². The van der Waals surface area contributed by atoms with Gasteiger partial charge in [-0.15, -0.1) is 0 Å². The highest BCUT2D eigenvalue weighted by atomic mass is 15.4. The molecule has 0 aromatic rings. The molecule has 0 aliphatic heterocycles. The molecule has 0 amide bonds. The zero-order valence-electron chi connectivity index (χ0n) is 10.0. The monoisotopic (exact) mass is 194 g/mol. The van der Waals surface area contributed by atoms with Gasteiger partial charge < -0.3 is 0 Å². The second kappa shape index (κ2) is 5.63. The van der Waals surface area contributed by atoms with Crippen molar-refractivity contribution in [3.8, 4) is 0 Å². The predicted octanol–water partition coefficient (Wildman–Crippen LogP) is 3.29. The molecule has 2 nitrogen and oxygen atoms in total. The lowest BCUT2D eigenvalue weighted by Crippen LogP contribution is -2.18. The average molecular weight is 194 g/mol. The third-order valence-corrected chi connectivity index (χ3v) is 2.10. The Balaban J connectivity index is 4.85. The molecule has 0 aliphatic carbocycles. The second-order valence-corrected chi connectivity index (χ2v) is 4.08. The van der Waals surface area contributed by atoms with E-state index in [4.69, 9.17) is 0 Å². The van der Waals surface area contributed by atoms with Gasteiger partial charge in [0.25, 0.3) is 0 Å². The van der Waals surface area contributed by atoms with Gasteiger partial charge in [-0.05, 0) is 17.4 Å². The van der Waals surface area contributed by atoms with Crippen molar-refractivity contribution in [2.45, 2.75) is 27.7 Å². The fraction of sp³-hybridized carbons (Fsp3) is 0.583. The summed E-state index contributed by atoms with van der Waals surface area (Å²) < 4.78 is 0. The highest BCUT2D eigenvalue weighted by Gasteiger charge is 2.13. The first-order chi connectivity index (χ1) is 6.40. The van der Waals surface area contributed by atoms with E-state index in [9.17, 15) is 0 Å². The summed E-state index contributed by atoms with van der Waals surface area (Å²) in [5, 5.41) is 6.17. The molecule has 2 heteroatoms. The Hall–Kier alpha value is -1.05. The molecule has 14 heavy (non-hydrogen) atoms. The molecule has 0 heterocycles. The summed E-state index contributed by atoms with van der Waals surface area (Å²) >= 11 is 0. The van der Waals surface area contributed by atoms with Crippen molar-refractivity contribution < 1.29 is 0 Å². The molecule has 0 aliphatic rings. The van der Waals surface area contributed by atoms with Crippen LogP contribution in [0, 0.1) is 11.8 Å². The normalized spacial score (nSPS) is 12.1. The molecule has 0 spiro atoms. The lowest BCUT2D eigenvalue weighted by Gasteiger charge is -2.18. The summed E-state index contributed by atoms with van der Waals surface area (Å²) in [5.41, 5.74) is 2.16. The minimum absolute atomic E-state index is 0.396. The van der Waals surface area contributed by atoms with E-state index in [1.54, 1.807) is 11.2 Å². The van der Waals surface area contributed by atoms with Crippen molar-refractivity contribution in [1.29, 1.82) is 0 Å². The van der Waals surface area contributed by atoms with Crippen LogP contribution in [-0.4, -0.2) is 17.8 Å². The molecule has 0 saturated heterocycles. The van der Waals surface area contributed by atoms with Crippen molar-refractivity contribution in [2.24, 2.45) is 16.9 Å². The molecule has 0 rings (SSSR count). The van der Waals surface area contributed by atoms with Crippen LogP contribution in [0.5, 0.6) is 0 Å². The minimum atomic E-state index is 0.396. The maximum Gasteiger partial charge on any atom is 0.0663 e. The van der Waals surface area contributed by atoms with Crippen LogP contribution in [-0.2, 0) is 0 Å². The van der Waals surface area contributed by atoms with E-state index < -0.39 is 0 Å². The van der Waals surface area contributed by atoms with Gasteiger partial charge in [0.15, 0.2) is 0 Å². The van der Waals surface area contributed by atoms with Gasteiger partial charge in [0, 0.05) is 13.2 Å². The Morgan fingerprint density at radius 3 is 2.00 bits per heavy atom. The molecule has 0 aromatic carbocycles. The van der Waals surface area contributed by atoms with Gasteiger partial charge in [-0.25, -0.2) is 0 Å². The summed E-state index contributed by atoms with van der Waals surface area (Å²) in [6.07, 6.45) is 1.69. The van der Waals surface area contributed by atoms with E-state index in [0.29, 0.717) is 11.8 Å². The van der Waals surface area contributed by atoms with Crippen LogP contribution in [0.1, 0.15) is 27.7 Å². The standard InChI is InChI=1S/C12H22N2/c1-8-14(7)13-12(10(4)5)11(6)9(2)3/h8-10H,1,6H2,2-5,7H3/b13-12-. The Labute approximate surface area is 88.0 Å². The number of hydrogen-bond acceptors (Lipinski definition) is 2. The third-order valence-electron chi connectivity index (χ3n) is 2.10. The first-order valence-electron chi connectivity index (χ1n) is 5.03. The van der Waals surface area contributed by atoms with E-state index in [0.717, 1.165) is 11.3 Å². The SMILES string of the molecule is C=CN(C)/N=C(\C(=C)C(C)C)C(C)C. The van der Waals surface area contributed by atoms with Crippen molar-refractivity contribution in [1.82, 2.24) is 5.01 Å². The Bertz CT molecular complexity index is 237. The van der Waals surface area contributed by atoms with Gasteiger partial charge in [-0.1, -0.05) is 40.9 Å². The van der Waals surface area contributed by atoms with E-state index in [1.165, 1.54) is 0 Å². The zero-order chi connectivity index (χ0) is 11.3. The van der Waals surface area contributed by atoms with Crippen LogP contribution in [0.4, 0.5) is 0 Å². The molecule has 0 bridgehead atoms. The van der Waals surface area contributed by atoms with Gasteiger partial charge in [-0.3, -0.25) is 5.01 Å². The number of nitrogens with zero attached hydrogens (tertiary/aromatic N) is 2. The number of rotatable bonds is 5. The first kappa shape index (κ1) is 12.9. The molecule has 0 N–H and O–H groups in total. The van der Waals surface area contributed by atoms with Gasteiger partial charge >= 0.3 is 0 Å². The zero-order valence-corrected chi connectivity index (χ0v) is 10.0. The fourth-order valence-electron chi connectivity index (χ4n) is 1.06. The predicted molar refractivity (Wildman–Crippen MR) is 64.2 cm³/mol. The maximum atomic E-state index is 4.45. The average Bonchev–Trinajstić information content (AvgIpc) is 2.11. The van der Waals surface area contributed by atoms with Crippen molar-refractivity contribution in [2.75, 3.05) is 7.05 Å². The molecular weight excluding hydrogens is 172 g/mol. The van der Waals surface area contributed by atoms with E-state index >= 15 is 0 Å². The van der Waals surface area contributed by atoms with Crippen molar-refractivity contribution >= 4 is 5.71 Å². The quantitative estimate of drug-likeness (QED) is 0.484. The summed E-state index contributed by atoms with van der Waals surface area (Å²) in [4.78, 5) is 0.